The van der Waals surface area contributed by atoms with Crippen LogP contribution in [0.5, 0.6) is 0 Å². The maximum absolute atomic E-state index is 11.8. The van der Waals surface area contributed by atoms with Gasteiger partial charge in [0.25, 0.3) is 0 Å². The average molecular weight is 266 g/mol. The largest absolute Gasteiger partial charge is 0.369 e. The average Bonchev–Trinajstić information content (AvgIpc) is 2.40. The number of rotatable bonds is 3. The first kappa shape index (κ1) is 12.9. The molecule has 3 nitrogen and oxygen atoms in total. The third kappa shape index (κ3) is 1.90. The standard InChI is InChI=1S/C17H18N2O/c1-12-6-7-13(17(16(18)20)8-4-9-17)11-14(12)15-5-2-3-10-19-15/h2-3,5-7,10-11H,4,8-9H2,1H3,(H2,18,20). The predicted molar refractivity (Wildman–Crippen MR) is 79.1 cm³/mol. The van der Waals surface area contributed by atoms with Crippen molar-refractivity contribution in [3.05, 3.63) is 53.7 Å². The molecule has 1 aromatic carbocycles. The Morgan fingerprint density at radius 2 is 2.05 bits per heavy atom. The lowest BCUT2D eigenvalue weighted by molar-refractivity contribution is -0.126. The molecule has 102 valence electrons. The van der Waals surface area contributed by atoms with E-state index in [0.717, 1.165) is 41.6 Å². The minimum atomic E-state index is -0.461. The molecule has 1 aliphatic rings. The highest BCUT2D eigenvalue weighted by Crippen LogP contribution is 2.44. The highest BCUT2D eigenvalue weighted by atomic mass is 16.1. The topological polar surface area (TPSA) is 56.0 Å². The van der Waals surface area contributed by atoms with Gasteiger partial charge in [-0.1, -0.05) is 24.6 Å². The fourth-order valence-electron chi connectivity index (χ4n) is 2.93. The molecule has 0 spiro atoms. The number of hydrogen-bond donors (Lipinski definition) is 1. The van der Waals surface area contributed by atoms with Gasteiger partial charge in [-0.05, 0) is 49.1 Å². The fourth-order valence-corrected chi connectivity index (χ4v) is 2.93. The summed E-state index contributed by atoms with van der Waals surface area (Å²) in [4.78, 5) is 16.2. The lowest BCUT2D eigenvalue weighted by Crippen LogP contribution is -2.46. The van der Waals surface area contributed by atoms with Crippen LogP contribution in [0.1, 0.15) is 30.4 Å². The van der Waals surface area contributed by atoms with Gasteiger partial charge in [0.1, 0.15) is 0 Å². The number of pyridine rings is 1. The van der Waals surface area contributed by atoms with Crippen molar-refractivity contribution in [2.75, 3.05) is 0 Å². The monoisotopic (exact) mass is 266 g/mol. The Hall–Kier alpha value is -2.16. The summed E-state index contributed by atoms with van der Waals surface area (Å²) in [5, 5.41) is 0. The maximum atomic E-state index is 11.8. The summed E-state index contributed by atoms with van der Waals surface area (Å²) in [6.45, 7) is 2.06. The van der Waals surface area contributed by atoms with Gasteiger partial charge in [0, 0.05) is 11.8 Å². The van der Waals surface area contributed by atoms with E-state index in [1.165, 1.54) is 0 Å². The molecule has 0 bridgehead atoms. The molecule has 20 heavy (non-hydrogen) atoms. The summed E-state index contributed by atoms with van der Waals surface area (Å²) in [6, 6.07) is 12.0. The van der Waals surface area contributed by atoms with E-state index in [1.807, 2.05) is 24.3 Å². The third-order valence-electron chi connectivity index (χ3n) is 4.41. The Balaban J connectivity index is 2.10. The van der Waals surface area contributed by atoms with Crippen LogP contribution < -0.4 is 5.73 Å². The summed E-state index contributed by atoms with van der Waals surface area (Å²) in [7, 11) is 0. The van der Waals surface area contributed by atoms with Crippen LogP contribution in [-0.2, 0) is 10.2 Å². The minimum absolute atomic E-state index is 0.209. The van der Waals surface area contributed by atoms with Crippen LogP contribution in [0, 0.1) is 6.92 Å². The van der Waals surface area contributed by atoms with E-state index < -0.39 is 5.41 Å². The van der Waals surface area contributed by atoms with Crippen LogP contribution in [-0.4, -0.2) is 10.9 Å². The molecule has 0 aliphatic heterocycles. The number of nitrogens with two attached hydrogens (primary N) is 1. The molecule has 1 heterocycles. The van der Waals surface area contributed by atoms with E-state index >= 15 is 0 Å². The van der Waals surface area contributed by atoms with Crippen molar-refractivity contribution in [2.45, 2.75) is 31.6 Å². The second kappa shape index (κ2) is 4.75. The number of nitrogens with zero attached hydrogens (tertiary/aromatic N) is 1. The number of aryl methyl sites for hydroxylation is 1. The highest BCUT2D eigenvalue weighted by Gasteiger charge is 2.44. The molecular weight excluding hydrogens is 248 g/mol. The molecule has 0 saturated heterocycles. The molecule has 3 heteroatoms. The fraction of sp³-hybridized carbons (Fsp3) is 0.294. The van der Waals surface area contributed by atoms with E-state index in [4.69, 9.17) is 5.73 Å². The van der Waals surface area contributed by atoms with E-state index in [0.29, 0.717) is 0 Å². The first-order valence-electron chi connectivity index (χ1n) is 6.96. The van der Waals surface area contributed by atoms with Gasteiger partial charge < -0.3 is 5.73 Å². The van der Waals surface area contributed by atoms with Gasteiger partial charge in [-0.2, -0.15) is 0 Å². The molecule has 3 rings (SSSR count). The Kier molecular flexibility index (Phi) is 3.05. The van der Waals surface area contributed by atoms with Gasteiger partial charge in [0.05, 0.1) is 11.1 Å². The summed E-state index contributed by atoms with van der Waals surface area (Å²) in [5.74, 6) is -0.209. The van der Waals surface area contributed by atoms with Crippen molar-refractivity contribution in [3.8, 4) is 11.3 Å². The molecule has 0 radical (unpaired) electrons. The van der Waals surface area contributed by atoms with Crippen molar-refractivity contribution in [1.82, 2.24) is 4.98 Å². The molecule has 1 amide bonds. The molecule has 2 N–H and O–H groups in total. The predicted octanol–water partition coefficient (Wildman–Crippen LogP) is 2.96. The van der Waals surface area contributed by atoms with Crippen molar-refractivity contribution >= 4 is 5.91 Å². The Labute approximate surface area is 118 Å². The Morgan fingerprint density at radius 1 is 1.25 bits per heavy atom. The van der Waals surface area contributed by atoms with Gasteiger partial charge in [-0.25, -0.2) is 0 Å². The van der Waals surface area contributed by atoms with Crippen molar-refractivity contribution in [3.63, 3.8) is 0 Å². The second-order valence-corrected chi connectivity index (χ2v) is 5.54. The molecule has 0 unspecified atom stereocenters. The number of primary amides is 1. The van der Waals surface area contributed by atoms with Crippen molar-refractivity contribution in [2.24, 2.45) is 5.73 Å². The van der Waals surface area contributed by atoms with Crippen LogP contribution in [0.4, 0.5) is 0 Å². The quantitative estimate of drug-likeness (QED) is 0.928. The molecule has 1 fully saturated rings. The zero-order valence-corrected chi connectivity index (χ0v) is 11.6. The zero-order valence-electron chi connectivity index (χ0n) is 11.6. The van der Waals surface area contributed by atoms with Crippen LogP contribution in [0.2, 0.25) is 0 Å². The minimum Gasteiger partial charge on any atom is -0.369 e. The number of amides is 1. The van der Waals surface area contributed by atoms with Crippen LogP contribution in [0.3, 0.4) is 0 Å². The summed E-state index contributed by atoms with van der Waals surface area (Å²) in [5.41, 5.74) is 9.38. The van der Waals surface area contributed by atoms with Gasteiger partial charge in [0.15, 0.2) is 0 Å². The Bertz CT molecular complexity index is 645. The summed E-state index contributed by atoms with van der Waals surface area (Å²) < 4.78 is 0. The first-order chi connectivity index (χ1) is 9.63. The molecule has 1 saturated carbocycles. The molecule has 0 atom stereocenters. The molecule has 1 aliphatic carbocycles. The summed E-state index contributed by atoms with van der Waals surface area (Å²) in [6.07, 6.45) is 4.56. The van der Waals surface area contributed by atoms with Crippen LogP contribution >= 0.6 is 0 Å². The SMILES string of the molecule is Cc1ccc(C2(C(N)=O)CCC2)cc1-c1ccccn1. The second-order valence-electron chi connectivity index (χ2n) is 5.54. The van der Waals surface area contributed by atoms with Crippen molar-refractivity contribution < 1.29 is 4.79 Å². The molecule has 2 aromatic rings. The number of aromatic nitrogens is 1. The van der Waals surface area contributed by atoms with E-state index in [1.54, 1.807) is 6.20 Å². The smallest absolute Gasteiger partial charge is 0.228 e. The first-order valence-corrected chi connectivity index (χ1v) is 6.96. The zero-order chi connectivity index (χ0) is 14.2. The third-order valence-corrected chi connectivity index (χ3v) is 4.41. The van der Waals surface area contributed by atoms with Gasteiger partial charge in [-0.15, -0.1) is 0 Å². The molecule has 1 aromatic heterocycles. The number of hydrogen-bond acceptors (Lipinski definition) is 2. The van der Waals surface area contributed by atoms with E-state index in [9.17, 15) is 4.79 Å². The van der Waals surface area contributed by atoms with Gasteiger partial charge >= 0.3 is 0 Å². The highest BCUT2D eigenvalue weighted by molar-refractivity contribution is 5.88. The number of carbonyl (C=O) groups is 1. The Morgan fingerprint density at radius 3 is 2.60 bits per heavy atom. The lowest BCUT2D eigenvalue weighted by atomic mass is 9.63. The summed E-state index contributed by atoms with van der Waals surface area (Å²) >= 11 is 0. The van der Waals surface area contributed by atoms with E-state index in [2.05, 4.69) is 24.0 Å². The van der Waals surface area contributed by atoms with Crippen LogP contribution in [0.25, 0.3) is 11.3 Å². The number of benzene rings is 1. The van der Waals surface area contributed by atoms with Crippen molar-refractivity contribution in [1.29, 1.82) is 0 Å². The maximum Gasteiger partial charge on any atom is 0.228 e. The lowest BCUT2D eigenvalue weighted by Gasteiger charge is -2.39. The van der Waals surface area contributed by atoms with E-state index in [-0.39, 0.29) is 5.91 Å². The van der Waals surface area contributed by atoms with Gasteiger partial charge in [0.2, 0.25) is 5.91 Å². The normalized spacial score (nSPS) is 16.4. The number of carbonyl (C=O) groups excluding carboxylic acids is 1. The van der Waals surface area contributed by atoms with Crippen LogP contribution in [0.15, 0.2) is 42.6 Å². The molecular formula is C17H18N2O. The van der Waals surface area contributed by atoms with Gasteiger partial charge in [-0.3, -0.25) is 9.78 Å².